The van der Waals surface area contributed by atoms with E-state index in [0.717, 1.165) is 0 Å². The zero-order valence-electron chi connectivity index (χ0n) is 7.62. The Morgan fingerprint density at radius 3 is 2.58 bits per heavy atom. The summed E-state index contributed by atoms with van der Waals surface area (Å²) < 4.78 is 0. The molecule has 0 aliphatic carbocycles. The second-order valence-electron chi connectivity index (χ2n) is 3.64. The summed E-state index contributed by atoms with van der Waals surface area (Å²) in [5.74, 6) is 0. The van der Waals surface area contributed by atoms with Gasteiger partial charge in [-0.1, -0.05) is 0 Å². The highest BCUT2D eigenvalue weighted by atomic mass is 15.2. The summed E-state index contributed by atoms with van der Waals surface area (Å²) in [6.45, 7) is 4.55. The highest BCUT2D eigenvalue weighted by Gasteiger charge is 2.27. The van der Waals surface area contributed by atoms with Gasteiger partial charge in [0.2, 0.25) is 0 Å². The van der Waals surface area contributed by atoms with Gasteiger partial charge in [0.15, 0.2) is 0 Å². The third-order valence-corrected chi connectivity index (χ3v) is 2.73. The standard InChI is InChI=1S/C9H15N3/c1-7-3-4-8(2)12(7)9-5-10-11-6-9/h5-8H,3-4H2,1-2H3,(H,10,11)/t7-,8-/m0/s1. The first-order chi connectivity index (χ1) is 5.79. The molecular weight excluding hydrogens is 150 g/mol. The molecule has 1 aliphatic rings. The lowest BCUT2D eigenvalue weighted by atomic mass is 10.2. The van der Waals surface area contributed by atoms with Crippen molar-refractivity contribution in [1.82, 2.24) is 10.2 Å². The molecule has 0 unspecified atom stereocenters. The van der Waals surface area contributed by atoms with E-state index >= 15 is 0 Å². The molecule has 2 rings (SSSR count). The molecule has 1 aliphatic heterocycles. The van der Waals surface area contributed by atoms with Crippen molar-refractivity contribution in [3.63, 3.8) is 0 Å². The number of hydrogen-bond donors (Lipinski definition) is 1. The molecule has 2 heterocycles. The van der Waals surface area contributed by atoms with Gasteiger partial charge in [-0.2, -0.15) is 5.10 Å². The Kier molecular flexibility index (Phi) is 1.79. The number of anilines is 1. The van der Waals surface area contributed by atoms with Crippen LogP contribution >= 0.6 is 0 Å². The SMILES string of the molecule is C[C@H]1CC[C@H](C)N1c1cn[nH]c1. The van der Waals surface area contributed by atoms with Crippen molar-refractivity contribution in [3.05, 3.63) is 12.4 Å². The lowest BCUT2D eigenvalue weighted by Crippen LogP contribution is -2.32. The van der Waals surface area contributed by atoms with Crippen molar-refractivity contribution in [2.45, 2.75) is 38.8 Å². The molecule has 0 saturated carbocycles. The minimum atomic E-state index is 0.664. The van der Waals surface area contributed by atoms with Gasteiger partial charge in [-0.05, 0) is 26.7 Å². The van der Waals surface area contributed by atoms with Crippen molar-refractivity contribution in [3.8, 4) is 0 Å². The van der Waals surface area contributed by atoms with Crippen molar-refractivity contribution >= 4 is 5.69 Å². The van der Waals surface area contributed by atoms with Crippen molar-refractivity contribution < 1.29 is 0 Å². The van der Waals surface area contributed by atoms with Gasteiger partial charge in [0.1, 0.15) is 0 Å². The van der Waals surface area contributed by atoms with Crippen LogP contribution < -0.4 is 4.90 Å². The highest BCUT2D eigenvalue weighted by molar-refractivity contribution is 5.45. The van der Waals surface area contributed by atoms with Crippen LogP contribution in [0.5, 0.6) is 0 Å². The fourth-order valence-electron chi connectivity index (χ4n) is 2.09. The molecular formula is C9H15N3. The van der Waals surface area contributed by atoms with Crippen molar-refractivity contribution in [2.75, 3.05) is 4.90 Å². The normalized spacial score (nSPS) is 29.7. The number of H-pyrrole nitrogens is 1. The highest BCUT2D eigenvalue weighted by Crippen LogP contribution is 2.28. The Hall–Kier alpha value is -0.990. The van der Waals surface area contributed by atoms with E-state index in [2.05, 4.69) is 28.9 Å². The maximum Gasteiger partial charge on any atom is 0.0754 e. The second kappa shape index (κ2) is 2.81. The number of nitrogens with zero attached hydrogens (tertiary/aromatic N) is 2. The zero-order valence-corrected chi connectivity index (χ0v) is 7.62. The maximum atomic E-state index is 3.97. The summed E-state index contributed by atoms with van der Waals surface area (Å²) in [7, 11) is 0. The molecule has 1 saturated heterocycles. The van der Waals surface area contributed by atoms with Crippen LogP contribution in [0.25, 0.3) is 0 Å². The predicted molar refractivity (Wildman–Crippen MR) is 49.2 cm³/mol. The van der Waals surface area contributed by atoms with Gasteiger partial charge in [0.05, 0.1) is 11.9 Å². The molecule has 1 aromatic rings. The Labute approximate surface area is 72.8 Å². The van der Waals surface area contributed by atoms with Gasteiger partial charge in [0, 0.05) is 18.3 Å². The first-order valence-electron chi connectivity index (χ1n) is 4.56. The minimum absolute atomic E-state index is 0.664. The van der Waals surface area contributed by atoms with Crippen molar-refractivity contribution in [2.24, 2.45) is 0 Å². The molecule has 3 heteroatoms. The lowest BCUT2D eigenvalue weighted by molar-refractivity contribution is 0.694. The summed E-state index contributed by atoms with van der Waals surface area (Å²) in [4.78, 5) is 2.43. The molecule has 2 atom stereocenters. The molecule has 66 valence electrons. The van der Waals surface area contributed by atoms with Crippen LogP contribution in [-0.2, 0) is 0 Å². The molecule has 0 bridgehead atoms. The third-order valence-electron chi connectivity index (χ3n) is 2.73. The van der Waals surface area contributed by atoms with E-state index in [-0.39, 0.29) is 0 Å². The number of rotatable bonds is 1. The minimum Gasteiger partial charge on any atom is -0.364 e. The zero-order chi connectivity index (χ0) is 8.55. The molecule has 0 aromatic carbocycles. The molecule has 1 N–H and O–H groups in total. The first kappa shape index (κ1) is 7.65. The van der Waals surface area contributed by atoms with Gasteiger partial charge in [-0.25, -0.2) is 0 Å². The number of aromatic nitrogens is 2. The monoisotopic (exact) mass is 165 g/mol. The number of hydrogen-bond acceptors (Lipinski definition) is 2. The molecule has 0 amide bonds. The van der Waals surface area contributed by atoms with Crippen LogP contribution in [0.4, 0.5) is 5.69 Å². The van der Waals surface area contributed by atoms with E-state index in [1.165, 1.54) is 18.5 Å². The van der Waals surface area contributed by atoms with E-state index < -0.39 is 0 Å². The predicted octanol–water partition coefficient (Wildman–Crippen LogP) is 1.79. The van der Waals surface area contributed by atoms with Gasteiger partial charge in [-0.15, -0.1) is 0 Å². The molecule has 0 spiro atoms. The van der Waals surface area contributed by atoms with E-state index in [4.69, 9.17) is 0 Å². The largest absolute Gasteiger partial charge is 0.364 e. The van der Waals surface area contributed by atoms with E-state index in [1.807, 2.05) is 12.4 Å². The Bertz CT molecular complexity index is 232. The average Bonchev–Trinajstić information content (AvgIpc) is 2.61. The Morgan fingerprint density at radius 1 is 1.42 bits per heavy atom. The fraction of sp³-hybridized carbons (Fsp3) is 0.667. The number of aromatic amines is 1. The second-order valence-corrected chi connectivity index (χ2v) is 3.64. The van der Waals surface area contributed by atoms with Crippen molar-refractivity contribution in [1.29, 1.82) is 0 Å². The summed E-state index contributed by atoms with van der Waals surface area (Å²) in [5, 5.41) is 6.83. The first-order valence-corrected chi connectivity index (χ1v) is 4.56. The summed E-state index contributed by atoms with van der Waals surface area (Å²) in [6.07, 6.45) is 6.47. The van der Waals surface area contributed by atoms with Crippen LogP contribution in [0.1, 0.15) is 26.7 Å². The summed E-state index contributed by atoms with van der Waals surface area (Å²) in [5.41, 5.74) is 1.23. The molecule has 12 heavy (non-hydrogen) atoms. The summed E-state index contributed by atoms with van der Waals surface area (Å²) in [6, 6.07) is 1.33. The van der Waals surface area contributed by atoms with Gasteiger partial charge in [-0.3, -0.25) is 5.10 Å². The smallest absolute Gasteiger partial charge is 0.0754 e. The number of nitrogens with one attached hydrogen (secondary N) is 1. The fourth-order valence-corrected chi connectivity index (χ4v) is 2.09. The van der Waals surface area contributed by atoms with E-state index in [0.29, 0.717) is 12.1 Å². The summed E-state index contributed by atoms with van der Waals surface area (Å²) >= 11 is 0. The van der Waals surface area contributed by atoms with Crippen LogP contribution in [0.15, 0.2) is 12.4 Å². The van der Waals surface area contributed by atoms with Crippen LogP contribution in [0.3, 0.4) is 0 Å². The van der Waals surface area contributed by atoms with Gasteiger partial charge >= 0.3 is 0 Å². The Morgan fingerprint density at radius 2 is 2.08 bits per heavy atom. The quantitative estimate of drug-likeness (QED) is 0.688. The average molecular weight is 165 g/mol. The topological polar surface area (TPSA) is 31.9 Å². The van der Waals surface area contributed by atoms with Crippen LogP contribution in [0, 0.1) is 0 Å². The van der Waals surface area contributed by atoms with Crippen LogP contribution in [-0.4, -0.2) is 22.3 Å². The lowest BCUT2D eigenvalue weighted by Gasteiger charge is -2.26. The van der Waals surface area contributed by atoms with E-state index in [9.17, 15) is 0 Å². The van der Waals surface area contributed by atoms with Gasteiger partial charge in [0.25, 0.3) is 0 Å². The Balaban J connectivity index is 2.22. The van der Waals surface area contributed by atoms with Crippen LogP contribution in [0.2, 0.25) is 0 Å². The molecule has 1 aromatic heterocycles. The van der Waals surface area contributed by atoms with E-state index in [1.54, 1.807) is 0 Å². The third kappa shape index (κ3) is 1.09. The molecule has 0 radical (unpaired) electrons. The maximum absolute atomic E-state index is 3.97. The molecule has 3 nitrogen and oxygen atoms in total. The molecule has 1 fully saturated rings. The van der Waals surface area contributed by atoms with Gasteiger partial charge < -0.3 is 4.90 Å².